The molecule has 3 nitrogen and oxygen atoms in total. The molecule has 18 heavy (non-hydrogen) atoms. The van der Waals surface area contributed by atoms with E-state index in [9.17, 15) is 4.79 Å². The van der Waals surface area contributed by atoms with Gasteiger partial charge in [-0.05, 0) is 37.3 Å². The van der Waals surface area contributed by atoms with Gasteiger partial charge in [-0.25, -0.2) is 0 Å². The fourth-order valence-corrected chi connectivity index (χ4v) is 2.28. The maximum atomic E-state index is 12.2. The van der Waals surface area contributed by atoms with Crippen LogP contribution in [0, 0.1) is 0 Å². The third kappa shape index (κ3) is 4.35. The summed E-state index contributed by atoms with van der Waals surface area (Å²) in [5.41, 5.74) is 1.96. The average Bonchev–Trinajstić information content (AvgIpc) is 2.40. The van der Waals surface area contributed by atoms with Gasteiger partial charge in [-0.15, -0.1) is 0 Å². The smallest absolute Gasteiger partial charge is 0.253 e. The molecule has 0 aromatic heterocycles. The van der Waals surface area contributed by atoms with Crippen LogP contribution in [-0.2, 0) is 5.75 Å². The molecule has 100 valence electrons. The number of amides is 1. The topological polar surface area (TPSA) is 40.5 Å². The Morgan fingerprint density at radius 2 is 2.00 bits per heavy atom. The number of hydrogen-bond donors (Lipinski definition) is 1. The van der Waals surface area contributed by atoms with E-state index in [-0.39, 0.29) is 12.5 Å². The van der Waals surface area contributed by atoms with E-state index in [2.05, 4.69) is 6.26 Å². The number of nitrogens with zero attached hydrogens (tertiary/aromatic N) is 1. The molecular weight excluding hydrogens is 246 g/mol. The van der Waals surface area contributed by atoms with E-state index in [0.29, 0.717) is 19.5 Å². The Hall–Kier alpha value is -1.00. The average molecular weight is 267 g/mol. The zero-order valence-corrected chi connectivity index (χ0v) is 11.9. The second-order valence-electron chi connectivity index (χ2n) is 4.09. The second-order valence-corrected chi connectivity index (χ2v) is 4.96. The molecule has 4 heteroatoms. The summed E-state index contributed by atoms with van der Waals surface area (Å²) < 4.78 is 0. The van der Waals surface area contributed by atoms with Gasteiger partial charge in [0.25, 0.3) is 5.91 Å². The lowest BCUT2D eigenvalue weighted by Crippen LogP contribution is -2.32. The minimum absolute atomic E-state index is 0.0432. The SMILES string of the molecule is CCN(CCCO)C(=O)c1ccc(CSC)cc1. The Labute approximate surface area is 113 Å². The van der Waals surface area contributed by atoms with Crippen molar-refractivity contribution in [3.8, 4) is 0 Å². The highest BCUT2D eigenvalue weighted by molar-refractivity contribution is 7.97. The summed E-state index contributed by atoms with van der Waals surface area (Å²) in [6, 6.07) is 7.78. The molecule has 0 bridgehead atoms. The largest absolute Gasteiger partial charge is 0.396 e. The first-order valence-corrected chi connectivity index (χ1v) is 7.60. The summed E-state index contributed by atoms with van der Waals surface area (Å²) in [7, 11) is 0. The minimum Gasteiger partial charge on any atom is -0.396 e. The van der Waals surface area contributed by atoms with Crippen LogP contribution in [0.25, 0.3) is 0 Å². The predicted octanol–water partition coefficient (Wildman–Crippen LogP) is 2.39. The maximum absolute atomic E-state index is 12.2. The zero-order valence-electron chi connectivity index (χ0n) is 11.1. The van der Waals surface area contributed by atoms with Crippen molar-refractivity contribution in [2.24, 2.45) is 0 Å². The third-order valence-corrected chi connectivity index (χ3v) is 3.39. The van der Waals surface area contributed by atoms with Crippen molar-refractivity contribution in [3.05, 3.63) is 35.4 Å². The molecule has 1 rings (SSSR count). The minimum atomic E-state index is 0.0432. The highest BCUT2D eigenvalue weighted by Gasteiger charge is 2.13. The third-order valence-electron chi connectivity index (χ3n) is 2.77. The van der Waals surface area contributed by atoms with Gasteiger partial charge in [-0.1, -0.05) is 12.1 Å². The fourth-order valence-electron chi connectivity index (χ4n) is 1.76. The molecule has 0 spiro atoms. The molecule has 0 aliphatic rings. The van der Waals surface area contributed by atoms with Crippen LogP contribution < -0.4 is 0 Å². The van der Waals surface area contributed by atoms with E-state index in [1.807, 2.05) is 31.2 Å². The second kappa shape index (κ2) is 8.16. The van der Waals surface area contributed by atoms with Crippen molar-refractivity contribution < 1.29 is 9.90 Å². The highest BCUT2D eigenvalue weighted by Crippen LogP contribution is 2.12. The van der Waals surface area contributed by atoms with Gasteiger partial charge in [-0.2, -0.15) is 11.8 Å². The zero-order chi connectivity index (χ0) is 13.4. The highest BCUT2D eigenvalue weighted by atomic mass is 32.2. The molecule has 0 aliphatic carbocycles. The van der Waals surface area contributed by atoms with Crippen LogP contribution in [0.5, 0.6) is 0 Å². The normalized spacial score (nSPS) is 10.4. The Kier molecular flexibility index (Phi) is 6.83. The van der Waals surface area contributed by atoms with Gasteiger partial charge in [0.05, 0.1) is 0 Å². The standard InChI is InChI=1S/C14H21NO2S/c1-3-15(9-4-10-16)14(17)13-7-5-12(6-8-13)11-18-2/h5-8,16H,3-4,9-11H2,1-2H3. The van der Waals surface area contributed by atoms with Crippen LogP contribution in [0.4, 0.5) is 0 Å². The molecule has 1 N–H and O–H groups in total. The van der Waals surface area contributed by atoms with Gasteiger partial charge in [0.15, 0.2) is 0 Å². The lowest BCUT2D eigenvalue weighted by Gasteiger charge is -2.20. The van der Waals surface area contributed by atoms with E-state index in [0.717, 1.165) is 11.3 Å². The Bertz CT molecular complexity index is 365. The van der Waals surface area contributed by atoms with E-state index in [4.69, 9.17) is 5.11 Å². The van der Waals surface area contributed by atoms with Crippen molar-refractivity contribution in [2.45, 2.75) is 19.1 Å². The number of thioether (sulfide) groups is 1. The van der Waals surface area contributed by atoms with Crippen molar-refractivity contribution >= 4 is 17.7 Å². The Balaban J connectivity index is 2.69. The first kappa shape index (κ1) is 15.1. The first-order valence-electron chi connectivity index (χ1n) is 6.21. The van der Waals surface area contributed by atoms with E-state index >= 15 is 0 Å². The number of aliphatic hydroxyl groups is 1. The summed E-state index contributed by atoms with van der Waals surface area (Å²) in [4.78, 5) is 14.0. The van der Waals surface area contributed by atoms with Gasteiger partial charge in [0.2, 0.25) is 0 Å². The molecule has 1 aromatic rings. The number of hydrogen-bond acceptors (Lipinski definition) is 3. The Morgan fingerprint density at radius 3 is 2.50 bits per heavy atom. The molecule has 1 amide bonds. The van der Waals surface area contributed by atoms with Crippen LogP contribution in [0.1, 0.15) is 29.3 Å². The fraction of sp³-hybridized carbons (Fsp3) is 0.500. The molecule has 0 atom stereocenters. The molecule has 0 fully saturated rings. The molecule has 0 radical (unpaired) electrons. The van der Waals surface area contributed by atoms with Crippen LogP contribution in [0.3, 0.4) is 0 Å². The van der Waals surface area contributed by atoms with E-state index < -0.39 is 0 Å². The van der Waals surface area contributed by atoms with E-state index in [1.165, 1.54) is 5.56 Å². The summed E-state index contributed by atoms with van der Waals surface area (Å²) in [5.74, 6) is 1.01. The van der Waals surface area contributed by atoms with Gasteiger partial charge < -0.3 is 10.0 Å². The molecule has 0 saturated heterocycles. The molecule has 0 saturated carbocycles. The molecule has 0 aliphatic heterocycles. The van der Waals surface area contributed by atoms with Gasteiger partial charge in [-0.3, -0.25) is 4.79 Å². The molecule has 1 aromatic carbocycles. The van der Waals surface area contributed by atoms with Crippen LogP contribution in [0.15, 0.2) is 24.3 Å². The van der Waals surface area contributed by atoms with Gasteiger partial charge >= 0.3 is 0 Å². The summed E-state index contributed by atoms with van der Waals surface area (Å²) in [6.07, 6.45) is 2.69. The number of benzene rings is 1. The summed E-state index contributed by atoms with van der Waals surface area (Å²) >= 11 is 1.77. The maximum Gasteiger partial charge on any atom is 0.253 e. The predicted molar refractivity (Wildman–Crippen MR) is 76.9 cm³/mol. The lowest BCUT2D eigenvalue weighted by atomic mass is 10.1. The van der Waals surface area contributed by atoms with Crippen LogP contribution in [-0.4, -0.2) is 41.9 Å². The number of carbonyl (C=O) groups excluding carboxylic acids is 1. The molecule has 0 unspecified atom stereocenters. The Morgan fingerprint density at radius 1 is 1.33 bits per heavy atom. The van der Waals surface area contributed by atoms with Crippen molar-refractivity contribution in [1.82, 2.24) is 4.90 Å². The van der Waals surface area contributed by atoms with Crippen LogP contribution >= 0.6 is 11.8 Å². The number of rotatable bonds is 7. The summed E-state index contributed by atoms with van der Waals surface area (Å²) in [6.45, 7) is 3.36. The van der Waals surface area contributed by atoms with Crippen LogP contribution in [0.2, 0.25) is 0 Å². The number of aliphatic hydroxyl groups excluding tert-OH is 1. The van der Waals surface area contributed by atoms with Gasteiger partial charge in [0, 0.05) is 31.0 Å². The lowest BCUT2D eigenvalue weighted by molar-refractivity contribution is 0.0754. The van der Waals surface area contributed by atoms with Crippen molar-refractivity contribution in [2.75, 3.05) is 26.0 Å². The van der Waals surface area contributed by atoms with Crippen molar-refractivity contribution in [1.29, 1.82) is 0 Å². The molecular formula is C14H21NO2S. The quantitative estimate of drug-likeness (QED) is 0.824. The van der Waals surface area contributed by atoms with E-state index in [1.54, 1.807) is 16.7 Å². The first-order chi connectivity index (χ1) is 8.72. The van der Waals surface area contributed by atoms with Gasteiger partial charge in [0.1, 0.15) is 0 Å². The summed E-state index contributed by atoms with van der Waals surface area (Å²) in [5, 5.41) is 8.82. The number of carbonyl (C=O) groups is 1. The molecule has 0 heterocycles. The monoisotopic (exact) mass is 267 g/mol. The van der Waals surface area contributed by atoms with Crippen molar-refractivity contribution in [3.63, 3.8) is 0 Å².